The Hall–Kier alpha value is -1.14. The lowest BCUT2D eigenvalue weighted by Crippen LogP contribution is -2.45. The van der Waals surface area contributed by atoms with Gasteiger partial charge in [0.25, 0.3) is 0 Å². The minimum atomic E-state index is -0.248. The summed E-state index contributed by atoms with van der Waals surface area (Å²) in [5.41, 5.74) is 0. The standard InChI is InChI=1S/C17H30N2O4/c1-12(2)23-9-5-8-18-15(20)11-19-10-13-6-4-7-14(13)16(19)17(21)22-3/h12-14,16H,4-11H2,1-3H3,(H,18,20)/t13-,14-,16+/m1/s1. The van der Waals surface area contributed by atoms with Crippen LogP contribution in [0.25, 0.3) is 0 Å². The summed E-state index contributed by atoms with van der Waals surface area (Å²) in [6.45, 7) is 6.35. The number of ether oxygens (including phenoxy) is 2. The normalized spacial score (nSPS) is 27.2. The smallest absolute Gasteiger partial charge is 0.323 e. The fraction of sp³-hybridized carbons (Fsp3) is 0.882. The van der Waals surface area contributed by atoms with Crippen LogP contribution < -0.4 is 5.32 Å². The molecule has 6 heteroatoms. The second kappa shape index (κ2) is 8.64. The maximum absolute atomic E-state index is 12.1. The minimum absolute atomic E-state index is 0.0246. The number of rotatable bonds is 8. The SMILES string of the molecule is COC(=O)[C@@H]1[C@@H]2CCC[C@@H]2CN1CC(=O)NCCCOC(C)C. The van der Waals surface area contributed by atoms with E-state index in [-0.39, 0.29) is 30.6 Å². The number of methoxy groups -OCH3 is 1. The predicted molar refractivity (Wildman–Crippen MR) is 86.9 cm³/mol. The van der Waals surface area contributed by atoms with Gasteiger partial charge in [-0.15, -0.1) is 0 Å². The Kier molecular flexibility index (Phi) is 6.84. The van der Waals surface area contributed by atoms with Gasteiger partial charge in [0.15, 0.2) is 0 Å². The fourth-order valence-electron chi connectivity index (χ4n) is 3.86. The molecule has 1 aliphatic carbocycles. The molecule has 0 unspecified atom stereocenters. The molecule has 23 heavy (non-hydrogen) atoms. The molecule has 0 spiro atoms. The van der Waals surface area contributed by atoms with Crippen LogP contribution in [-0.4, -0.2) is 62.3 Å². The molecule has 2 aliphatic rings. The number of fused-ring (bicyclic) bond motifs is 1. The number of likely N-dealkylation sites (tertiary alicyclic amines) is 1. The van der Waals surface area contributed by atoms with Crippen molar-refractivity contribution in [2.24, 2.45) is 11.8 Å². The second-order valence-corrected chi connectivity index (χ2v) is 6.88. The van der Waals surface area contributed by atoms with Gasteiger partial charge in [-0.05, 0) is 44.9 Å². The van der Waals surface area contributed by atoms with Crippen molar-refractivity contribution in [3.63, 3.8) is 0 Å². The first-order valence-electron chi connectivity index (χ1n) is 8.73. The molecule has 2 rings (SSSR count). The third kappa shape index (κ3) is 4.91. The first-order valence-corrected chi connectivity index (χ1v) is 8.73. The van der Waals surface area contributed by atoms with Gasteiger partial charge in [0.2, 0.25) is 5.91 Å². The zero-order chi connectivity index (χ0) is 16.8. The van der Waals surface area contributed by atoms with Crippen molar-refractivity contribution >= 4 is 11.9 Å². The molecule has 1 saturated carbocycles. The summed E-state index contributed by atoms with van der Waals surface area (Å²) in [6.07, 6.45) is 4.42. The highest BCUT2D eigenvalue weighted by Gasteiger charge is 2.48. The number of esters is 1. The maximum Gasteiger partial charge on any atom is 0.323 e. The first kappa shape index (κ1) is 18.2. The number of hydrogen-bond donors (Lipinski definition) is 1. The number of nitrogens with zero attached hydrogens (tertiary/aromatic N) is 1. The van der Waals surface area contributed by atoms with E-state index in [9.17, 15) is 9.59 Å². The molecule has 0 aromatic carbocycles. The largest absolute Gasteiger partial charge is 0.468 e. The van der Waals surface area contributed by atoms with Crippen LogP contribution in [0.4, 0.5) is 0 Å². The summed E-state index contributed by atoms with van der Waals surface area (Å²) < 4.78 is 10.4. The maximum atomic E-state index is 12.1. The molecular weight excluding hydrogens is 296 g/mol. The van der Waals surface area contributed by atoms with Gasteiger partial charge in [-0.3, -0.25) is 14.5 Å². The third-order valence-electron chi connectivity index (χ3n) is 4.87. The van der Waals surface area contributed by atoms with Crippen molar-refractivity contribution in [3.8, 4) is 0 Å². The molecule has 1 N–H and O–H groups in total. The number of amides is 1. The van der Waals surface area contributed by atoms with E-state index in [2.05, 4.69) is 5.32 Å². The van der Waals surface area contributed by atoms with Crippen LogP contribution in [0.1, 0.15) is 39.5 Å². The number of carbonyl (C=O) groups is 2. The molecule has 1 heterocycles. The molecule has 3 atom stereocenters. The van der Waals surface area contributed by atoms with Crippen LogP contribution in [0.5, 0.6) is 0 Å². The summed E-state index contributed by atoms with van der Waals surface area (Å²) in [4.78, 5) is 26.2. The van der Waals surface area contributed by atoms with Crippen molar-refractivity contribution < 1.29 is 19.1 Å². The zero-order valence-corrected chi connectivity index (χ0v) is 14.5. The quantitative estimate of drug-likeness (QED) is 0.536. The van der Waals surface area contributed by atoms with Crippen LogP contribution in [0.15, 0.2) is 0 Å². The Morgan fingerprint density at radius 1 is 1.30 bits per heavy atom. The number of carbonyl (C=O) groups excluding carboxylic acids is 2. The molecule has 0 bridgehead atoms. The zero-order valence-electron chi connectivity index (χ0n) is 14.5. The Morgan fingerprint density at radius 3 is 2.78 bits per heavy atom. The third-order valence-corrected chi connectivity index (χ3v) is 4.87. The van der Waals surface area contributed by atoms with Crippen molar-refractivity contribution in [1.82, 2.24) is 10.2 Å². The Balaban J connectivity index is 1.76. The van der Waals surface area contributed by atoms with E-state index >= 15 is 0 Å². The molecule has 0 aromatic heterocycles. The van der Waals surface area contributed by atoms with E-state index in [1.165, 1.54) is 13.5 Å². The molecule has 132 valence electrons. The van der Waals surface area contributed by atoms with Gasteiger partial charge in [0, 0.05) is 19.7 Å². The summed E-state index contributed by atoms with van der Waals surface area (Å²) in [5.74, 6) is 0.669. The molecule has 0 aromatic rings. The lowest BCUT2D eigenvalue weighted by molar-refractivity contribution is -0.147. The van der Waals surface area contributed by atoms with Gasteiger partial charge < -0.3 is 14.8 Å². The van der Waals surface area contributed by atoms with Crippen molar-refractivity contribution in [1.29, 1.82) is 0 Å². The highest BCUT2D eigenvalue weighted by molar-refractivity contribution is 5.81. The van der Waals surface area contributed by atoms with E-state index in [0.29, 0.717) is 25.0 Å². The van der Waals surface area contributed by atoms with Gasteiger partial charge in [-0.1, -0.05) is 6.42 Å². The highest BCUT2D eigenvalue weighted by atomic mass is 16.5. The predicted octanol–water partition coefficient (Wildman–Crippen LogP) is 1.19. The topological polar surface area (TPSA) is 67.9 Å². The molecular formula is C17H30N2O4. The average molecular weight is 326 g/mol. The second-order valence-electron chi connectivity index (χ2n) is 6.88. The monoisotopic (exact) mass is 326 g/mol. The van der Waals surface area contributed by atoms with Crippen LogP contribution in [0, 0.1) is 11.8 Å². The van der Waals surface area contributed by atoms with Crippen molar-refractivity contribution in [3.05, 3.63) is 0 Å². The average Bonchev–Trinajstić information content (AvgIpc) is 3.06. The van der Waals surface area contributed by atoms with E-state index in [4.69, 9.17) is 9.47 Å². The van der Waals surface area contributed by atoms with Gasteiger partial charge in [0.1, 0.15) is 6.04 Å². The van der Waals surface area contributed by atoms with Crippen LogP contribution >= 0.6 is 0 Å². The minimum Gasteiger partial charge on any atom is -0.468 e. The van der Waals surface area contributed by atoms with Gasteiger partial charge >= 0.3 is 5.97 Å². The highest BCUT2D eigenvalue weighted by Crippen LogP contribution is 2.42. The van der Waals surface area contributed by atoms with Gasteiger partial charge in [0.05, 0.1) is 19.8 Å². The van der Waals surface area contributed by atoms with E-state index < -0.39 is 0 Å². The molecule has 6 nitrogen and oxygen atoms in total. The van der Waals surface area contributed by atoms with Gasteiger partial charge in [-0.25, -0.2) is 0 Å². The van der Waals surface area contributed by atoms with E-state index in [1.54, 1.807) is 0 Å². The fourth-order valence-corrected chi connectivity index (χ4v) is 3.86. The Morgan fingerprint density at radius 2 is 2.09 bits per heavy atom. The van der Waals surface area contributed by atoms with Crippen LogP contribution in [0.3, 0.4) is 0 Å². The molecule has 1 aliphatic heterocycles. The van der Waals surface area contributed by atoms with Crippen LogP contribution in [0.2, 0.25) is 0 Å². The van der Waals surface area contributed by atoms with Crippen molar-refractivity contribution in [2.45, 2.75) is 51.7 Å². The lowest BCUT2D eigenvalue weighted by Gasteiger charge is -2.24. The number of hydrogen-bond acceptors (Lipinski definition) is 5. The molecule has 2 fully saturated rings. The van der Waals surface area contributed by atoms with Gasteiger partial charge in [-0.2, -0.15) is 0 Å². The summed E-state index contributed by atoms with van der Waals surface area (Å²) in [6, 6.07) is -0.248. The Bertz CT molecular complexity index is 413. The Labute approximate surface area is 138 Å². The molecule has 1 saturated heterocycles. The first-order chi connectivity index (χ1) is 11.0. The summed E-state index contributed by atoms with van der Waals surface area (Å²) in [7, 11) is 1.43. The number of nitrogens with one attached hydrogen (secondary N) is 1. The molecule has 0 radical (unpaired) electrons. The lowest BCUT2D eigenvalue weighted by atomic mass is 9.94. The van der Waals surface area contributed by atoms with E-state index in [0.717, 1.165) is 25.8 Å². The summed E-state index contributed by atoms with van der Waals surface area (Å²) in [5, 5.41) is 2.91. The van der Waals surface area contributed by atoms with Crippen molar-refractivity contribution in [2.75, 3.05) is 33.4 Å². The van der Waals surface area contributed by atoms with Crippen LogP contribution in [-0.2, 0) is 19.1 Å². The summed E-state index contributed by atoms with van der Waals surface area (Å²) >= 11 is 0. The van der Waals surface area contributed by atoms with E-state index in [1.807, 2.05) is 18.7 Å². The molecule has 1 amide bonds.